The number of carbonyl (C=O) groups is 1. The number of amides is 1. The van der Waals surface area contributed by atoms with Crippen molar-refractivity contribution in [3.05, 3.63) is 53.1 Å². The number of morpholine rings is 1. The van der Waals surface area contributed by atoms with E-state index in [-0.39, 0.29) is 12.0 Å². The third-order valence-electron chi connectivity index (χ3n) is 4.38. The predicted octanol–water partition coefficient (Wildman–Crippen LogP) is 2.41. The lowest BCUT2D eigenvalue weighted by atomic mass is 10.2. The molecule has 0 aromatic carbocycles. The average Bonchev–Trinajstić information content (AvgIpc) is 2.83. The monoisotopic (exact) mass is 313 g/mol. The molecule has 0 spiro atoms. The summed E-state index contributed by atoms with van der Waals surface area (Å²) in [6.07, 6.45) is 1.90. The van der Waals surface area contributed by atoms with Gasteiger partial charge in [0.25, 0.3) is 5.91 Å². The molecule has 1 saturated heterocycles. The molecule has 0 unspecified atom stereocenters. The summed E-state index contributed by atoms with van der Waals surface area (Å²) in [7, 11) is 0. The summed E-state index contributed by atoms with van der Waals surface area (Å²) in [5, 5.41) is 0. The number of aromatic nitrogens is 2. The quantitative estimate of drug-likeness (QED) is 0.874. The molecule has 0 N–H and O–H groups in total. The van der Waals surface area contributed by atoms with E-state index in [2.05, 4.69) is 9.55 Å². The van der Waals surface area contributed by atoms with Crippen LogP contribution in [-0.4, -0.2) is 46.2 Å². The van der Waals surface area contributed by atoms with Gasteiger partial charge in [0.1, 0.15) is 0 Å². The van der Waals surface area contributed by atoms with E-state index in [4.69, 9.17) is 4.74 Å². The van der Waals surface area contributed by atoms with Crippen LogP contribution in [0, 0.1) is 13.8 Å². The van der Waals surface area contributed by atoms with Gasteiger partial charge in [0.15, 0.2) is 0 Å². The molecule has 0 bridgehead atoms. The summed E-state index contributed by atoms with van der Waals surface area (Å²) < 4.78 is 7.68. The van der Waals surface area contributed by atoms with Gasteiger partial charge in [0.2, 0.25) is 0 Å². The highest BCUT2D eigenvalue weighted by molar-refractivity contribution is 5.95. The number of pyridine rings is 1. The molecule has 1 aliphatic rings. The lowest BCUT2D eigenvalue weighted by molar-refractivity contribution is -0.0124. The molecule has 3 rings (SSSR count). The molecule has 122 valence electrons. The molecule has 23 heavy (non-hydrogen) atoms. The lowest BCUT2D eigenvalue weighted by Crippen LogP contribution is -2.44. The number of aryl methyl sites for hydroxylation is 1. The summed E-state index contributed by atoms with van der Waals surface area (Å²) in [5.41, 5.74) is 3.86. The van der Waals surface area contributed by atoms with Crippen LogP contribution in [0.4, 0.5) is 0 Å². The molecule has 1 aliphatic heterocycles. The van der Waals surface area contributed by atoms with Crippen molar-refractivity contribution in [2.24, 2.45) is 0 Å². The second-order valence-corrected chi connectivity index (χ2v) is 6.12. The maximum atomic E-state index is 12.8. The molecule has 1 atom stereocenters. The van der Waals surface area contributed by atoms with Crippen molar-refractivity contribution in [1.82, 2.24) is 14.5 Å². The number of ether oxygens (including phenoxy) is 1. The van der Waals surface area contributed by atoms with Gasteiger partial charge in [-0.3, -0.25) is 9.78 Å². The third kappa shape index (κ3) is 3.29. The first-order valence-corrected chi connectivity index (χ1v) is 8.03. The average molecular weight is 313 g/mol. The first kappa shape index (κ1) is 15.7. The van der Waals surface area contributed by atoms with Crippen LogP contribution in [0.1, 0.15) is 34.4 Å². The molecular weight excluding hydrogens is 290 g/mol. The van der Waals surface area contributed by atoms with Crippen LogP contribution in [0.5, 0.6) is 0 Å². The van der Waals surface area contributed by atoms with Gasteiger partial charge in [-0.15, -0.1) is 0 Å². The van der Waals surface area contributed by atoms with Gasteiger partial charge in [-0.25, -0.2) is 0 Å². The van der Waals surface area contributed by atoms with Crippen LogP contribution in [0.25, 0.3) is 0 Å². The van der Waals surface area contributed by atoms with Gasteiger partial charge in [-0.1, -0.05) is 6.07 Å². The zero-order chi connectivity index (χ0) is 16.4. The van der Waals surface area contributed by atoms with Gasteiger partial charge in [0.05, 0.1) is 30.5 Å². The molecule has 2 aromatic heterocycles. The van der Waals surface area contributed by atoms with Crippen LogP contribution in [0.2, 0.25) is 0 Å². The maximum Gasteiger partial charge on any atom is 0.255 e. The number of rotatable bonds is 3. The molecule has 1 amide bonds. The molecule has 3 heterocycles. The minimum absolute atomic E-state index is 0.0977. The maximum absolute atomic E-state index is 12.8. The van der Waals surface area contributed by atoms with Crippen molar-refractivity contribution in [2.45, 2.75) is 33.4 Å². The smallest absolute Gasteiger partial charge is 0.255 e. The fraction of sp³-hybridized carbons (Fsp3) is 0.444. The van der Waals surface area contributed by atoms with Gasteiger partial charge in [-0.2, -0.15) is 0 Å². The van der Waals surface area contributed by atoms with Crippen LogP contribution >= 0.6 is 0 Å². The number of hydrogen-bond donors (Lipinski definition) is 0. The topological polar surface area (TPSA) is 47.4 Å². The van der Waals surface area contributed by atoms with Crippen LogP contribution in [-0.2, 0) is 11.3 Å². The van der Waals surface area contributed by atoms with Crippen molar-refractivity contribution in [3.63, 3.8) is 0 Å². The highest BCUT2D eigenvalue weighted by atomic mass is 16.5. The van der Waals surface area contributed by atoms with Crippen molar-refractivity contribution in [2.75, 3.05) is 19.7 Å². The standard InChI is InChI=1S/C18H23N3O2/c1-13-10-17(18(22)20-8-9-23-14(2)11-20)15(3)21(13)12-16-6-4-5-7-19-16/h4-7,10,14H,8-9,11-12H2,1-3H3/t14-/m1/s1. The van der Waals surface area contributed by atoms with E-state index in [0.29, 0.717) is 26.2 Å². The molecular formula is C18H23N3O2. The number of carbonyl (C=O) groups excluding carboxylic acids is 1. The van der Waals surface area contributed by atoms with E-state index >= 15 is 0 Å². The Hall–Kier alpha value is -2.14. The predicted molar refractivity (Wildman–Crippen MR) is 88.6 cm³/mol. The highest BCUT2D eigenvalue weighted by Gasteiger charge is 2.25. The minimum atomic E-state index is 0.0977. The fourth-order valence-electron chi connectivity index (χ4n) is 3.09. The second-order valence-electron chi connectivity index (χ2n) is 6.12. The Morgan fingerprint density at radius 2 is 2.22 bits per heavy atom. The first-order valence-electron chi connectivity index (χ1n) is 8.03. The van der Waals surface area contributed by atoms with E-state index < -0.39 is 0 Å². The molecule has 5 heteroatoms. The van der Waals surface area contributed by atoms with Crippen LogP contribution in [0.15, 0.2) is 30.5 Å². The Balaban J connectivity index is 1.84. The zero-order valence-electron chi connectivity index (χ0n) is 14.0. The SMILES string of the molecule is Cc1cc(C(=O)N2CCO[C@H](C)C2)c(C)n1Cc1ccccn1. The molecule has 0 radical (unpaired) electrons. The Morgan fingerprint density at radius 1 is 1.39 bits per heavy atom. The Morgan fingerprint density at radius 3 is 2.91 bits per heavy atom. The van der Waals surface area contributed by atoms with Crippen molar-refractivity contribution >= 4 is 5.91 Å². The van der Waals surface area contributed by atoms with Crippen LogP contribution < -0.4 is 0 Å². The summed E-state index contributed by atoms with van der Waals surface area (Å²) in [5.74, 6) is 0.0977. The largest absolute Gasteiger partial charge is 0.375 e. The van der Waals surface area contributed by atoms with E-state index in [1.165, 1.54) is 0 Å². The molecule has 0 aliphatic carbocycles. The molecule has 2 aromatic rings. The van der Waals surface area contributed by atoms with Gasteiger partial charge in [-0.05, 0) is 39.0 Å². The van der Waals surface area contributed by atoms with Crippen LogP contribution in [0.3, 0.4) is 0 Å². The highest BCUT2D eigenvalue weighted by Crippen LogP contribution is 2.19. The number of hydrogen-bond acceptors (Lipinski definition) is 3. The lowest BCUT2D eigenvalue weighted by Gasteiger charge is -2.31. The number of nitrogens with zero attached hydrogens (tertiary/aromatic N) is 3. The molecule has 5 nitrogen and oxygen atoms in total. The van der Waals surface area contributed by atoms with Gasteiger partial charge < -0.3 is 14.2 Å². The normalized spacial score (nSPS) is 18.2. The Kier molecular flexibility index (Phi) is 4.48. The first-order chi connectivity index (χ1) is 11.1. The zero-order valence-corrected chi connectivity index (χ0v) is 14.0. The summed E-state index contributed by atoms with van der Waals surface area (Å²) in [4.78, 5) is 19.1. The van der Waals surface area contributed by atoms with Gasteiger partial charge >= 0.3 is 0 Å². The minimum Gasteiger partial charge on any atom is -0.375 e. The van der Waals surface area contributed by atoms with Crippen molar-refractivity contribution in [1.29, 1.82) is 0 Å². The summed E-state index contributed by atoms with van der Waals surface area (Å²) in [6, 6.07) is 7.88. The third-order valence-corrected chi connectivity index (χ3v) is 4.38. The molecule has 0 saturated carbocycles. The molecule has 1 fully saturated rings. The van der Waals surface area contributed by atoms with Crippen molar-refractivity contribution in [3.8, 4) is 0 Å². The summed E-state index contributed by atoms with van der Waals surface area (Å²) >= 11 is 0. The Bertz CT molecular complexity index is 694. The fourth-order valence-corrected chi connectivity index (χ4v) is 3.09. The van der Waals surface area contributed by atoms with Crippen molar-refractivity contribution < 1.29 is 9.53 Å². The van der Waals surface area contributed by atoms with E-state index in [0.717, 1.165) is 22.6 Å². The van der Waals surface area contributed by atoms with Gasteiger partial charge in [0, 0.05) is 30.7 Å². The Labute approximate surface area is 136 Å². The van der Waals surface area contributed by atoms with E-state index in [1.807, 2.05) is 49.9 Å². The second kappa shape index (κ2) is 6.54. The summed E-state index contributed by atoms with van der Waals surface area (Å²) in [6.45, 7) is 8.66. The van der Waals surface area contributed by atoms with E-state index in [1.54, 1.807) is 6.20 Å². The van der Waals surface area contributed by atoms with E-state index in [9.17, 15) is 4.79 Å².